The molecule has 0 aliphatic carbocycles. The molecule has 0 atom stereocenters. The van der Waals surface area contributed by atoms with Crippen molar-refractivity contribution < 1.29 is 18.4 Å². The first kappa shape index (κ1) is 15.5. The molecule has 4 nitrogen and oxygen atoms in total. The topological polar surface area (TPSA) is 58.2 Å². The summed E-state index contributed by atoms with van der Waals surface area (Å²) < 4.78 is 26.5. The zero-order chi connectivity index (χ0) is 16.4. The molecule has 0 spiro atoms. The molecule has 23 heavy (non-hydrogen) atoms. The van der Waals surface area contributed by atoms with Crippen LogP contribution in [-0.2, 0) is 4.79 Å². The minimum Gasteiger partial charge on any atom is -0.325 e. The minimum absolute atomic E-state index is 0.107. The van der Waals surface area contributed by atoms with Crippen LogP contribution in [0.3, 0.4) is 0 Å². The Hall–Kier alpha value is -2.41. The maximum absolute atomic E-state index is 13.6. The van der Waals surface area contributed by atoms with Crippen molar-refractivity contribution in [2.45, 2.75) is 11.3 Å². The van der Waals surface area contributed by atoms with Crippen molar-refractivity contribution in [1.82, 2.24) is 0 Å². The van der Waals surface area contributed by atoms with Gasteiger partial charge in [-0.1, -0.05) is 0 Å². The second kappa shape index (κ2) is 6.37. The summed E-state index contributed by atoms with van der Waals surface area (Å²) in [4.78, 5) is 24.7. The molecule has 2 amide bonds. The molecule has 1 aliphatic rings. The summed E-state index contributed by atoms with van der Waals surface area (Å²) in [5, 5.41) is 5.12. The number of amides is 2. The molecule has 3 rings (SSSR count). The molecule has 0 saturated carbocycles. The van der Waals surface area contributed by atoms with Gasteiger partial charge in [-0.25, -0.2) is 8.78 Å². The fourth-order valence-electron chi connectivity index (χ4n) is 2.15. The quantitative estimate of drug-likeness (QED) is 0.881. The molecular weight excluding hydrogens is 322 g/mol. The molecule has 1 heterocycles. The van der Waals surface area contributed by atoms with Crippen molar-refractivity contribution >= 4 is 35.0 Å². The minimum atomic E-state index is -0.850. The van der Waals surface area contributed by atoms with E-state index in [0.29, 0.717) is 23.9 Å². The molecule has 0 unspecified atom stereocenters. The average molecular weight is 334 g/mol. The van der Waals surface area contributed by atoms with Gasteiger partial charge in [0.15, 0.2) is 0 Å². The van der Waals surface area contributed by atoms with E-state index in [-0.39, 0.29) is 17.2 Å². The first-order valence-corrected chi connectivity index (χ1v) is 7.84. The van der Waals surface area contributed by atoms with E-state index in [1.807, 2.05) is 0 Å². The second-order valence-electron chi connectivity index (χ2n) is 4.94. The summed E-state index contributed by atoms with van der Waals surface area (Å²) in [5.74, 6) is -1.55. The monoisotopic (exact) mass is 334 g/mol. The third-order valence-electron chi connectivity index (χ3n) is 3.28. The molecule has 7 heteroatoms. The Labute approximate surface area is 135 Å². The number of hydrogen-bond donors (Lipinski definition) is 2. The molecule has 2 aromatic rings. The molecular formula is C16H12F2N2O2S. The van der Waals surface area contributed by atoms with Crippen molar-refractivity contribution in [3.8, 4) is 0 Å². The number of halogens is 2. The number of thioether (sulfide) groups is 1. The van der Waals surface area contributed by atoms with Crippen LogP contribution in [0, 0.1) is 11.6 Å². The van der Waals surface area contributed by atoms with Crippen LogP contribution in [0.25, 0.3) is 0 Å². The van der Waals surface area contributed by atoms with Gasteiger partial charge in [-0.05, 0) is 30.3 Å². The van der Waals surface area contributed by atoms with Gasteiger partial charge in [0, 0.05) is 28.7 Å². The van der Waals surface area contributed by atoms with E-state index in [4.69, 9.17) is 0 Å². The van der Waals surface area contributed by atoms with Gasteiger partial charge < -0.3 is 10.6 Å². The number of anilines is 2. The van der Waals surface area contributed by atoms with E-state index in [1.54, 1.807) is 18.2 Å². The molecule has 1 aliphatic heterocycles. The van der Waals surface area contributed by atoms with Crippen LogP contribution in [0.4, 0.5) is 20.2 Å². The highest BCUT2D eigenvalue weighted by atomic mass is 32.2. The Morgan fingerprint density at radius 2 is 2.00 bits per heavy atom. The summed E-state index contributed by atoms with van der Waals surface area (Å²) in [6, 6.07) is 7.80. The lowest BCUT2D eigenvalue weighted by Crippen LogP contribution is -2.14. The van der Waals surface area contributed by atoms with Crippen LogP contribution in [0.2, 0.25) is 0 Å². The first-order valence-electron chi connectivity index (χ1n) is 6.86. The van der Waals surface area contributed by atoms with E-state index >= 15 is 0 Å². The third kappa shape index (κ3) is 3.50. The summed E-state index contributed by atoms with van der Waals surface area (Å²) in [7, 11) is 0. The maximum atomic E-state index is 13.6. The normalized spacial score (nSPS) is 13.7. The maximum Gasteiger partial charge on any atom is 0.255 e. The van der Waals surface area contributed by atoms with Crippen molar-refractivity contribution in [2.75, 3.05) is 16.4 Å². The molecule has 0 saturated heterocycles. The number of benzene rings is 2. The summed E-state index contributed by atoms with van der Waals surface area (Å²) in [5.41, 5.74) is 0.727. The highest BCUT2D eigenvalue weighted by Gasteiger charge is 2.16. The third-order valence-corrected chi connectivity index (χ3v) is 4.36. The van der Waals surface area contributed by atoms with Gasteiger partial charge in [-0.2, -0.15) is 0 Å². The Kier molecular flexibility index (Phi) is 4.29. The number of nitrogens with one attached hydrogen (secondary N) is 2. The predicted octanol–water partition coefficient (Wildman–Crippen LogP) is 3.65. The van der Waals surface area contributed by atoms with Gasteiger partial charge in [-0.3, -0.25) is 9.59 Å². The molecule has 0 bridgehead atoms. The molecule has 0 aromatic heterocycles. The molecule has 0 radical (unpaired) electrons. The zero-order valence-corrected chi connectivity index (χ0v) is 12.7. The number of carbonyl (C=O) groups excluding carboxylic acids is 2. The molecule has 2 aromatic carbocycles. The Morgan fingerprint density at radius 3 is 2.78 bits per heavy atom. The van der Waals surface area contributed by atoms with E-state index in [2.05, 4.69) is 10.6 Å². The second-order valence-corrected chi connectivity index (χ2v) is 6.07. The highest BCUT2D eigenvalue weighted by molar-refractivity contribution is 7.99. The first-order chi connectivity index (χ1) is 11.0. The summed E-state index contributed by atoms with van der Waals surface area (Å²) in [6.07, 6.45) is 0.404. The smallest absolute Gasteiger partial charge is 0.255 e. The highest BCUT2D eigenvalue weighted by Crippen LogP contribution is 2.31. The van der Waals surface area contributed by atoms with Gasteiger partial charge in [0.2, 0.25) is 5.91 Å². The summed E-state index contributed by atoms with van der Waals surface area (Å²) in [6.45, 7) is 0. The average Bonchev–Trinajstić information content (AvgIpc) is 2.69. The zero-order valence-electron chi connectivity index (χ0n) is 11.9. The van der Waals surface area contributed by atoms with E-state index in [9.17, 15) is 18.4 Å². The van der Waals surface area contributed by atoms with Gasteiger partial charge in [0.25, 0.3) is 5.91 Å². The van der Waals surface area contributed by atoms with Crippen LogP contribution in [0.1, 0.15) is 16.8 Å². The van der Waals surface area contributed by atoms with Crippen LogP contribution in [0.15, 0.2) is 41.3 Å². The lowest BCUT2D eigenvalue weighted by molar-refractivity contribution is -0.115. The lowest BCUT2D eigenvalue weighted by atomic mass is 10.1. The number of rotatable bonds is 2. The standard InChI is InChI=1S/C16H12F2N2O2S/c17-10-2-3-12(11(18)8-10)20-16(22)9-1-4-14-13(7-9)19-15(21)5-6-23-14/h1-4,7-8H,5-6H2,(H,19,21)(H,20,22). The predicted molar refractivity (Wildman–Crippen MR) is 84.7 cm³/mol. The summed E-state index contributed by atoms with van der Waals surface area (Å²) >= 11 is 1.53. The van der Waals surface area contributed by atoms with E-state index in [1.165, 1.54) is 11.8 Å². The van der Waals surface area contributed by atoms with Gasteiger partial charge >= 0.3 is 0 Å². The van der Waals surface area contributed by atoms with Crippen molar-refractivity contribution in [3.63, 3.8) is 0 Å². The van der Waals surface area contributed by atoms with Crippen LogP contribution >= 0.6 is 11.8 Å². The van der Waals surface area contributed by atoms with Crippen molar-refractivity contribution in [1.29, 1.82) is 0 Å². The largest absolute Gasteiger partial charge is 0.325 e. The van der Waals surface area contributed by atoms with Gasteiger partial charge in [0.1, 0.15) is 11.6 Å². The SMILES string of the molecule is O=C1CCSc2ccc(C(=O)Nc3ccc(F)cc3F)cc2N1. The van der Waals surface area contributed by atoms with Crippen molar-refractivity contribution in [2.24, 2.45) is 0 Å². The Morgan fingerprint density at radius 1 is 1.17 bits per heavy atom. The van der Waals surface area contributed by atoms with Crippen LogP contribution < -0.4 is 10.6 Å². The van der Waals surface area contributed by atoms with Gasteiger partial charge in [-0.15, -0.1) is 11.8 Å². The number of carbonyl (C=O) groups is 2. The molecule has 0 fully saturated rings. The fraction of sp³-hybridized carbons (Fsp3) is 0.125. The fourth-order valence-corrected chi connectivity index (χ4v) is 3.08. The van der Waals surface area contributed by atoms with Gasteiger partial charge in [0.05, 0.1) is 11.4 Å². The van der Waals surface area contributed by atoms with E-state index in [0.717, 1.165) is 17.0 Å². The van der Waals surface area contributed by atoms with Crippen molar-refractivity contribution in [3.05, 3.63) is 53.6 Å². The number of hydrogen-bond acceptors (Lipinski definition) is 3. The molecule has 118 valence electrons. The van der Waals surface area contributed by atoms with Crippen LogP contribution in [0.5, 0.6) is 0 Å². The lowest BCUT2D eigenvalue weighted by Gasteiger charge is -2.10. The van der Waals surface area contributed by atoms with Crippen LogP contribution in [-0.4, -0.2) is 17.6 Å². The number of fused-ring (bicyclic) bond motifs is 1. The van der Waals surface area contributed by atoms with E-state index < -0.39 is 17.5 Å². The Balaban J connectivity index is 1.84. The molecule has 2 N–H and O–H groups in total. The Bertz CT molecular complexity index is 796.